The van der Waals surface area contributed by atoms with Gasteiger partial charge in [0.15, 0.2) is 0 Å². The molecule has 2 fully saturated rings. The van der Waals surface area contributed by atoms with E-state index in [0.717, 1.165) is 32.1 Å². The molecule has 0 radical (unpaired) electrons. The lowest BCUT2D eigenvalue weighted by Gasteiger charge is -2.51. The average Bonchev–Trinajstić information content (AvgIpc) is 2.47. The minimum absolute atomic E-state index is 0.0457. The third kappa shape index (κ3) is 3.87. The maximum atomic E-state index is 10.4. The molecule has 1 saturated heterocycles. The number of allylic oxidation sites excluding steroid dienone is 3. The molecular formula is C19H27NO. The molecule has 0 aromatic carbocycles. The Morgan fingerprint density at radius 2 is 2.10 bits per heavy atom. The van der Waals surface area contributed by atoms with Crippen LogP contribution in [0.5, 0.6) is 0 Å². The van der Waals surface area contributed by atoms with Gasteiger partial charge >= 0.3 is 0 Å². The first-order valence-corrected chi connectivity index (χ1v) is 8.08. The predicted molar refractivity (Wildman–Crippen MR) is 88.8 cm³/mol. The van der Waals surface area contributed by atoms with Gasteiger partial charge in [0.1, 0.15) is 0 Å². The fourth-order valence-electron chi connectivity index (χ4n) is 4.00. The Balaban J connectivity index is 2.12. The van der Waals surface area contributed by atoms with Gasteiger partial charge in [-0.25, -0.2) is 0 Å². The lowest BCUT2D eigenvalue weighted by molar-refractivity contribution is 0.00392. The molecule has 1 heterocycles. The summed E-state index contributed by atoms with van der Waals surface area (Å²) < 4.78 is 0. The molecule has 0 aromatic heterocycles. The fourth-order valence-corrected chi connectivity index (χ4v) is 4.00. The summed E-state index contributed by atoms with van der Waals surface area (Å²) in [6, 6.07) is 0.466. The quantitative estimate of drug-likeness (QED) is 0.613. The van der Waals surface area contributed by atoms with E-state index < -0.39 is 0 Å². The molecule has 0 amide bonds. The van der Waals surface area contributed by atoms with Crippen LogP contribution in [-0.4, -0.2) is 22.8 Å². The van der Waals surface area contributed by atoms with Crippen molar-refractivity contribution in [3.63, 3.8) is 0 Å². The molecule has 0 bridgehead atoms. The van der Waals surface area contributed by atoms with Gasteiger partial charge in [-0.2, -0.15) is 0 Å². The molecule has 4 atom stereocenters. The first kappa shape index (κ1) is 16.1. The minimum Gasteiger partial charge on any atom is -0.392 e. The Hall–Kier alpha value is -1.30. The van der Waals surface area contributed by atoms with Crippen molar-refractivity contribution >= 4 is 0 Å². The first-order valence-electron chi connectivity index (χ1n) is 8.08. The summed E-state index contributed by atoms with van der Waals surface area (Å²) in [5.41, 5.74) is 0.0457. The highest BCUT2D eigenvalue weighted by atomic mass is 16.3. The van der Waals surface area contributed by atoms with Crippen molar-refractivity contribution in [1.82, 2.24) is 5.32 Å². The van der Waals surface area contributed by atoms with Crippen LogP contribution in [0.25, 0.3) is 0 Å². The molecule has 0 aromatic rings. The third-order valence-electron chi connectivity index (χ3n) is 4.93. The van der Waals surface area contributed by atoms with E-state index in [-0.39, 0.29) is 17.6 Å². The summed E-state index contributed by atoms with van der Waals surface area (Å²) >= 11 is 0. The molecule has 1 spiro atoms. The lowest BCUT2D eigenvalue weighted by Crippen LogP contribution is -2.61. The summed E-state index contributed by atoms with van der Waals surface area (Å²) in [4.78, 5) is 0. The number of aliphatic hydroxyl groups is 1. The highest BCUT2D eigenvalue weighted by Gasteiger charge is 2.45. The van der Waals surface area contributed by atoms with Crippen molar-refractivity contribution in [2.24, 2.45) is 5.92 Å². The molecule has 21 heavy (non-hydrogen) atoms. The molecule has 1 saturated carbocycles. The second-order valence-electron chi connectivity index (χ2n) is 6.30. The maximum absolute atomic E-state index is 10.4. The van der Waals surface area contributed by atoms with Gasteiger partial charge in [-0.05, 0) is 44.6 Å². The van der Waals surface area contributed by atoms with Gasteiger partial charge in [-0.15, -0.1) is 6.42 Å². The molecule has 114 valence electrons. The van der Waals surface area contributed by atoms with Gasteiger partial charge in [-0.1, -0.05) is 43.2 Å². The fraction of sp³-hybridized carbons (Fsp3) is 0.579. The van der Waals surface area contributed by atoms with Crippen LogP contribution in [0.3, 0.4) is 0 Å². The normalized spacial score (nSPS) is 37.0. The third-order valence-corrected chi connectivity index (χ3v) is 4.93. The number of hydrogen-bond donors (Lipinski definition) is 2. The minimum atomic E-state index is -0.248. The van der Waals surface area contributed by atoms with Gasteiger partial charge in [0.05, 0.1) is 6.10 Å². The van der Waals surface area contributed by atoms with Crippen LogP contribution < -0.4 is 5.32 Å². The van der Waals surface area contributed by atoms with E-state index >= 15 is 0 Å². The van der Waals surface area contributed by atoms with E-state index in [9.17, 15) is 5.11 Å². The zero-order valence-corrected chi connectivity index (χ0v) is 12.8. The predicted octanol–water partition coefficient (Wildman–Crippen LogP) is 3.35. The molecule has 2 rings (SSSR count). The van der Waals surface area contributed by atoms with Crippen LogP contribution in [0.4, 0.5) is 0 Å². The van der Waals surface area contributed by atoms with Gasteiger partial charge in [-0.3, -0.25) is 0 Å². The topological polar surface area (TPSA) is 32.3 Å². The SMILES string of the molecule is C#CC=CC[C@@H]1CCC[C@]2(CCC[C@H](O)[C@H]2C=CC=C)N1. The Kier molecular flexibility index (Phi) is 5.85. The Bertz CT molecular complexity index is 441. The van der Waals surface area contributed by atoms with Crippen LogP contribution in [-0.2, 0) is 0 Å². The number of hydrogen-bond acceptors (Lipinski definition) is 2. The van der Waals surface area contributed by atoms with E-state index in [1.807, 2.05) is 6.08 Å². The van der Waals surface area contributed by atoms with Crippen LogP contribution in [0.1, 0.15) is 44.9 Å². The molecule has 0 unspecified atom stereocenters. The molecule has 2 heteroatoms. The van der Waals surface area contributed by atoms with Crippen LogP contribution >= 0.6 is 0 Å². The average molecular weight is 285 g/mol. The molecule has 2 nitrogen and oxygen atoms in total. The highest BCUT2D eigenvalue weighted by Crippen LogP contribution is 2.41. The van der Waals surface area contributed by atoms with Crippen molar-refractivity contribution in [1.29, 1.82) is 0 Å². The second-order valence-corrected chi connectivity index (χ2v) is 6.30. The van der Waals surface area contributed by atoms with E-state index in [1.54, 1.807) is 12.2 Å². The van der Waals surface area contributed by atoms with Crippen molar-refractivity contribution in [2.75, 3.05) is 0 Å². The Labute approximate surface area is 129 Å². The number of piperidine rings is 1. The summed E-state index contributed by atoms with van der Waals surface area (Å²) in [5.74, 6) is 2.74. The molecule has 2 aliphatic rings. The number of aliphatic hydroxyl groups excluding tert-OH is 1. The largest absolute Gasteiger partial charge is 0.392 e. The zero-order chi connectivity index (χ0) is 15.1. The van der Waals surface area contributed by atoms with E-state index in [0.29, 0.717) is 6.04 Å². The lowest BCUT2D eigenvalue weighted by atomic mass is 9.66. The zero-order valence-electron chi connectivity index (χ0n) is 12.8. The van der Waals surface area contributed by atoms with Crippen LogP contribution in [0.15, 0.2) is 37.0 Å². The number of rotatable bonds is 4. The van der Waals surface area contributed by atoms with Crippen LogP contribution in [0, 0.1) is 18.3 Å². The molecule has 1 aliphatic heterocycles. The van der Waals surface area contributed by atoms with Gasteiger partial charge in [0.2, 0.25) is 0 Å². The van der Waals surface area contributed by atoms with Crippen molar-refractivity contribution in [2.45, 2.75) is 62.6 Å². The van der Waals surface area contributed by atoms with Crippen molar-refractivity contribution in [3.05, 3.63) is 37.0 Å². The molecule has 2 N–H and O–H groups in total. The Morgan fingerprint density at radius 3 is 2.81 bits per heavy atom. The van der Waals surface area contributed by atoms with E-state index in [2.05, 4.69) is 30.0 Å². The standard InChI is InChI=1S/C19H27NO/c1-3-5-7-10-16-11-8-14-19(20-16)15-9-13-18(21)17(19)12-6-4-2/h1,4-7,12,16-18,20-21H,2,8-11,13-15H2/t16-,17-,18+,19-/m1/s1. The van der Waals surface area contributed by atoms with E-state index in [1.165, 1.54) is 12.8 Å². The summed E-state index contributed by atoms with van der Waals surface area (Å²) in [6.45, 7) is 3.75. The highest BCUT2D eigenvalue weighted by molar-refractivity contribution is 5.15. The smallest absolute Gasteiger partial charge is 0.0620 e. The summed E-state index contributed by atoms with van der Waals surface area (Å²) in [6.07, 6.45) is 22.5. The summed E-state index contributed by atoms with van der Waals surface area (Å²) in [7, 11) is 0. The van der Waals surface area contributed by atoms with Gasteiger partial charge < -0.3 is 10.4 Å². The molecule has 1 aliphatic carbocycles. The van der Waals surface area contributed by atoms with Gasteiger partial charge in [0.25, 0.3) is 0 Å². The number of nitrogens with one attached hydrogen (secondary N) is 1. The monoisotopic (exact) mass is 285 g/mol. The second kappa shape index (κ2) is 7.64. The van der Waals surface area contributed by atoms with Crippen molar-refractivity contribution in [3.8, 4) is 12.3 Å². The van der Waals surface area contributed by atoms with Crippen molar-refractivity contribution < 1.29 is 5.11 Å². The maximum Gasteiger partial charge on any atom is 0.0620 e. The number of terminal acetylenes is 1. The Morgan fingerprint density at radius 1 is 1.33 bits per heavy atom. The first-order chi connectivity index (χ1) is 10.2. The van der Waals surface area contributed by atoms with E-state index in [4.69, 9.17) is 6.42 Å². The summed E-state index contributed by atoms with van der Waals surface area (Å²) in [5, 5.41) is 14.3. The molecular weight excluding hydrogens is 258 g/mol. The van der Waals surface area contributed by atoms with Crippen LogP contribution in [0.2, 0.25) is 0 Å². The van der Waals surface area contributed by atoms with Gasteiger partial charge in [0, 0.05) is 17.5 Å².